The zero-order chi connectivity index (χ0) is 9.14. The fourth-order valence-electron chi connectivity index (χ4n) is 0.998. The summed E-state index contributed by atoms with van der Waals surface area (Å²) >= 11 is 0. The number of hydrogen-bond donors (Lipinski definition) is 1. The minimum Gasteiger partial charge on any atom is -0.481 e. The van der Waals surface area contributed by atoms with E-state index >= 15 is 0 Å². The van der Waals surface area contributed by atoms with E-state index in [9.17, 15) is 4.79 Å². The van der Waals surface area contributed by atoms with Gasteiger partial charge < -0.3 is 5.11 Å². The quantitative estimate of drug-likeness (QED) is 0.797. The van der Waals surface area contributed by atoms with Gasteiger partial charge in [0.05, 0.1) is 5.92 Å². The van der Waals surface area contributed by atoms with Crippen LogP contribution >= 0.6 is 12.4 Å². The first-order valence-electron chi connectivity index (χ1n) is 3.90. The maximum absolute atomic E-state index is 10.6. The van der Waals surface area contributed by atoms with Crippen molar-refractivity contribution in [3.05, 3.63) is 35.4 Å². The summed E-state index contributed by atoms with van der Waals surface area (Å²) in [5, 5.41) is 8.70. The van der Waals surface area contributed by atoms with Crippen LogP contribution in [0.1, 0.15) is 24.0 Å². The van der Waals surface area contributed by atoms with Crippen molar-refractivity contribution >= 4 is 18.4 Å². The lowest BCUT2D eigenvalue weighted by Gasteiger charge is -2.05. The average Bonchev–Trinajstić information content (AvgIpc) is 2.04. The molecule has 0 fully saturated rings. The van der Waals surface area contributed by atoms with Gasteiger partial charge in [0.2, 0.25) is 0 Å². The van der Waals surface area contributed by atoms with Gasteiger partial charge in [-0.2, -0.15) is 0 Å². The first kappa shape index (κ1) is 12.0. The molecule has 0 aliphatic heterocycles. The summed E-state index contributed by atoms with van der Waals surface area (Å²) in [6.07, 6.45) is 0. The molecule has 0 saturated carbocycles. The van der Waals surface area contributed by atoms with Crippen LogP contribution in [0.5, 0.6) is 0 Å². The van der Waals surface area contributed by atoms with Crippen molar-refractivity contribution in [3.63, 3.8) is 0 Å². The lowest BCUT2D eigenvalue weighted by Crippen LogP contribution is -2.06. The second-order valence-corrected chi connectivity index (χ2v) is 2.97. The van der Waals surface area contributed by atoms with E-state index in [1.54, 1.807) is 6.92 Å². The van der Waals surface area contributed by atoms with Crippen molar-refractivity contribution in [2.75, 3.05) is 0 Å². The van der Waals surface area contributed by atoms with Crippen molar-refractivity contribution in [3.8, 4) is 0 Å². The zero-order valence-corrected chi connectivity index (χ0v) is 8.47. The summed E-state index contributed by atoms with van der Waals surface area (Å²) in [5.74, 6) is -1.19. The van der Waals surface area contributed by atoms with Crippen molar-refractivity contribution in [2.24, 2.45) is 0 Å². The van der Waals surface area contributed by atoms with Crippen LogP contribution in [0.15, 0.2) is 24.3 Å². The first-order chi connectivity index (χ1) is 5.61. The van der Waals surface area contributed by atoms with Gasteiger partial charge in [-0.25, -0.2) is 0 Å². The molecule has 3 heteroatoms. The Morgan fingerprint density at radius 2 is 1.77 bits per heavy atom. The van der Waals surface area contributed by atoms with E-state index < -0.39 is 11.9 Å². The van der Waals surface area contributed by atoms with Crippen molar-refractivity contribution in [1.29, 1.82) is 0 Å². The minimum absolute atomic E-state index is 0. The summed E-state index contributed by atoms with van der Waals surface area (Å²) in [6.45, 7) is 3.67. The fourth-order valence-corrected chi connectivity index (χ4v) is 0.998. The Balaban J connectivity index is 0.00000144. The third-order valence-electron chi connectivity index (χ3n) is 1.95. The minimum atomic E-state index is -0.779. The predicted octanol–water partition coefficient (Wildman–Crippen LogP) is 2.60. The number of hydrogen-bond acceptors (Lipinski definition) is 1. The molecule has 0 spiro atoms. The van der Waals surface area contributed by atoms with Crippen molar-refractivity contribution in [1.82, 2.24) is 0 Å². The van der Waals surface area contributed by atoms with E-state index in [1.165, 1.54) is 0 Å². The lowest BCUT2D eigenvalue weighted by molar-refractivity contribution is -0.138. The van der Waals surface area contributed by atoms with Crippen LogP contribution in [0, 0.1) is 6.92 Å². The van der Waals surface area contributed by atoms with Gasteiger partial charge >= 0.3 is 5.97 Å². The molecular formula is C10H13ClO2. The summed E-state index contributed by atoms with van der Waals surface area (Å²) in [5.41, 5.74) is 2.00. The highest BCUT2D eigenvalue weighted by Gasteiger charge is 2.12. The summed E-state index contributed by atoms with van der Waals surface area (Å²) < 4.78 is 0. The molecule has 0 radical (unpaired) electrons. The molecule has 0 aromatic heterocycles. The van der Waals surface area contributed by atoms with Crippen LogP contribution in [0.2, 0.25) is 0 Å². The summed E-state index contributed by atoms with van der Waals surface area (Å²) in [6, 6.07) is 7.56. The Kier molecular flexibility index (Phi) is 4.49. The number of carboxylic acid groups (broad SMARTS) is 1. The van der Waals surface area contributed by atoms with Crippen molar-refractivity contribution < 1.29 is 9.90 Å². The molecule has 13 heavy (non-hydrogen) atoms. The van der Waals surface area contributed by atoms with Gasteiger partial charge in [0.25, 0.3) is 0 Å². The maximum atomic E-state index is 10.6. The van der Waals surface area contributed by atoms with Crippen LogP contribution in [0.25, 0.3) is 0 Å². The fraction of sp³-hybridized carbons (Fsp3) is 0.300. The van der Waals surface area contributed by atoms with E-state index in [1.807, 2.05) is 31.2 Å². The monoisotopic (exact) mass is 200 g/mol. The molecule has 1 atom stereocenters. The smallest absolute Gasteiger partial charge is 0.310 e. The first-order valence-corrected chi connectivity index (χ1v) is 3.90. The molecule has 72 valence electrons. The number of rotatable bonds is 2. The molecule has 1 aromatic rings. The molecule has 0 aliphatic carbocycles. The largest absolute Gasteiger partial charge is 0.481 e. The van der Waals surface area contributed by atoms with E-state index in [-0.39, 0.29) is 12.4 Å². The third-order valence-corrected chi connectivity index (χ3v) is 1.95. The molecular weight excluding hydrogens is 188 g/mol. The van der Waals surface area contributed by atoms with Gasteiger partial charge in [-0.15, -0.1) is 12.4 Å². The second-order valence-electron chi connectivity index (χ2n) is 2.97. The molecule has 0 heterocycles. The Labute approximate surface area is 84.0 Å². The molecule has 1 rings (SSSR count). The van der Waals surface area contributed by atoms with E-state index in [2.05, 4.69) is 0 Å². The van der Waals surface area contributed by atoms with Crippen LogP contribution in [0.3, 0.4) is 0 Å². The number of carboxylic acids is 1. The average molecular weight is 201 g/mol. The number of carbonyl (C=O) groups is 1. The summed E-state index contributed by atoms with van der Waals surface area (Å²) in [4.78, 5) is 10.6. The van der Waals surface area contributed by atoms with Gasteiger partial charge in [-0.3, -0.25) is 4.79 Å². The molecule has 1 N–H and O–H groups in total. The molecule has 2 nitrogen and oxygen atoms in total. The van der Waals surface area contributed by atoms with Crippen LogP contribution in [0.4, 0.5) is 0 Å². The lowest BCUT2D eigenvalue weighted by atomic mass is 10.0. The SMILES string of the molecule is Cc1ccc(C(C)C(=O)O)cc1.Cl. The standard InChI is InChI=1S/C10H12O2.ClH/c1-7-3-5-9(6-4-7)8(2)10(11)12;/h3-6,8H,1-2H3,(H,11,12);1H. The highest BCUT2D eigenvalue weighted by atomic mass is 35.5. The Bertz CT molecular complexity index is 279. The molecule has 1 unspecified atom stereocenters. The highest BCUT2D eigenvalue weighted by Crippen LogP contribution is 2.15. The molecule has 0 bridgehead atoms. The van der Waals surface area contributed by atoms with Crippen LogP contribution < -0.4 is 0 Å². The number of halogens is 1. The number of benzene rings is 1. The van der Waals surface area contributed by atoms with Gasteiger partial charge in [0.1, 0.15) is 0 Å². The zero-order valence-electron chi connectivity index (χ0n) is 7.65. The normalized spacial score (nSPS) is 11.5. The van der Waals surface area contributed by atoms with Gasteiger partial charge in [-0.1, -0.05) is 29.8 Å². The van der Waals surface area contributed by atoms with Gasteiger partial charge in [-0.05, 0) is 19.4 Å². The molecule has 0 saturated heterocycles. The Hall–Kier alpha value is -1.02. The molecule has 1 aromatic carbocycles. The highest BCUT2D eigenvalue weighted by molar-refractivity contribution is 5.85. The van der Waals surface area contributed by atoms with Gasteiger partial charge in [0, 0.05) is 0 Å². The molecule has 0 amide bonds. The number of aliphatic carboxylic acids is 1. The van der Waals surface area contributed by atoms with E-state index in [0.29, 0.717) is 0 Å². The second kappa shape index (κ2) is 4.87. The van der Waals surface area contributed by atoms with E-state index in [0.717, 1.165) is 11.1 Å². The topological polar surface area (TPSA) is 37.3 Å². The maximum Gasteiger partial charge on any atom is 0.310 e. The third kappa shape index (κ3) is 3.07. The van der Waals surface area contributed by atoms with Gasteiger partial charge in [0.15, 0.2) is 0 Å². The predicted molar refractivity (Wildman–Crippen MR) is 54.5 cm³/mol. The number of aryl methyl sites for hydroxylation is 1. The van der Waals surface area contributed by atoms with Crippen molar-refractivity contribution in [2.45, 2.75) is 19.8 Å². The Morgan fingerprint density at radius 1 is 1.31 bits per heavy atom. The molecule has 0 aliphatic rings. The Morgan fingerprint density at radius 3 is 2.15 bits per heavy atom. The summed E-state index contributed by atoms with van der Waals surface area (Å²) in [7, 11) is 0. The van der Waals surface area contributed by atoms with E-state index in [4.69, 9.17) is 5.11 Å². The van der Waals surface area contributed by atoms with Crippen LogP contribution in [-0.2, 0) is 4.79 Å². The van der Waals surface area contributed by atoms with Crippen LogP contribution in [-0.4, -0.2) is 11.1 Å².